The fourth-order valence-electron chi connectivity index (χ4n) is 2.39. The molecule has 0 atom stereocenters. The van der Waals surface area contributed by atoms with E-state index in [1.807, 2.05) is 17.7 Å². The van der Waals surface area contributed by atoms with Gasteiger partial charge in [-0.1, -0.05) is 30.3 Å². The predicted molar refractivity (Wildman–Crippen MR) is 84.8 cm³/mol. The fraction of sp³-hybridized carbons (Fsp3) is 0.438. The highest BCUT2D eigenvalue weighted by Gasteiger charge is 2.20. The highest BCUT2D eigenvalue weighted by atomic mass is 15.4. The maximum Gasteiger partial charge on any atom is 0.151 e. The Bertz CT molecular complexity index is 557. The first-order valence-corrected chi connectivity index (χ1v) is 7.18. The van der Waals surface area contributed by atoms with E-state index in [1.165, 1.54) is 5.56 Å². The molecule has 1 aromatic carbocycles. The van der Waals surface area contributed by atoms with Crippen LogP contribution < -0.4 is 10.6 Å². The Morgan fingerprint density at radius 3 is 2.45 bits per heavy atom. The highest BCUT2D eigenvalue weighted by Crippen LogP contribution is 2.29. The van der Waals surface area contributed by atoms with E-state index >= 15 is 0 Å². The van der Waals surface area contributed by atoms with Crippen LogP contribution in [-0.4, -0.2) is 15.8 Å². The first-order chi connectivity index (χ1) is 9.54. The minimum atomic E-state index is 0.360. The summed E-state index contributed by atoms with van der Waals surface area (Å²) in [7, 11) is 0. The molecule has 0 unspecified atom stereocenters. The van der Waals surface area contributed by atoms with Gasteiger partial charge < -0.3 is 10.6 Å². The Hall–Kier alpha value is -1.97. The normalized spacial score (nSPS) is 11.1. The van der Waals surface area contributed by atoms with E-state index in [4.69, 9.17) is 5.73 Å². The van der Waals surface area contributed by atoms with Crippen molar-refractivity contribution < 1.29 is 0 Å². The van der Waals surface area contributed by atoms with Crippen LogP contribution in [-0.2, 0) is 13.1 Å². The summed E-state index contributed by atoms with van der Waals surface area (Å²) in [5, 5.41) is 4.52. The van der Waals surface area contributed by atoms with E-state index in [0.717, 1.165) is 30.3 Å². The molecule has 2 N–H and O–H groups in total. The zero-order valence-electron chi connectivity index (χ0n) is 12.8. The average Bonchev–Trinajstić information content (AvgIpc) is 2.72. The summed E-state index contributed by atoms with van der Waals surface area (Å²) >= 11 is 0. The molecule has 2 aromatic rings. The zero-order valence-corrected chi connectivity index (χ0v) is 12.8. The standard InChI is InChI=1S/C16H24N4/c1-5-20-16(15(17)13(4)18-20)19(12(2)3)11-14-9-7-6-8-10-14/h6-10,12H,5,11,17H2,1-4H3. The maximum absolute atomic E-state index is 6.25. The van der Waals surface area contributed by atoms with E-state index in [1.54, 1.807) is 0 Å². The van der Waals surface area contributed by atoms with Gasteiger partial charge in [0, 0.05) is 19.1 Å². The van der Waals surface area contributed by atoms with Crippen molar-refractivity contribution in [2.45, 2.75) is 46.8 Å². The van der Waals surface area contributed by atoms with Crippen LogP contribution in [0.15, 0.2) is 30.3 Å². The number of benzene rings is 1. The van der Waals surface area contributed by atoms with Crippen molar-refractivity contribution in [3.8, 4) is 0 Å². The van der Waals surface area contributed by atoms with Crippen molar-refractivity contribution in [1.29, 1.82) is 0 Å². The van der Waals surface area contributed by atoms with Gasteiger partial charge in [-0.25, -0.2) is 4.68 Å². The largest absolute Gasteiger partial charge is 0.394 e. The van der Waals surface area contributed by atoms with Gasteiger partial charge in [-0.15, -0.1) is 0 Å². The van der Waals surface area contributed by atoms with Crippen LogP contribution in [0.2, 0.25) is 0 Å². The lowest BCUT2D eigenvalue weighted by Crippen LogP contribution is -2.32. The molecule has 0 saturated carbocycles. The molecule has 0 fully saturated rings. The van der Waals surface area contributed by atoms with Crippen LogP contribution in [0.1, 0.15) is 32.0 Å². The highest BCUT2D eigenvalue weighted by molar-refractivity contribution is 5.66. The van der Waals surface area contributed by atoms with Crippen LogP contribution in [0.3, 0.4) is 0 Å². The third kappa shape index (κ3) is 2.79. The molecule has 0 saturated heterocycles. The number of rotatable bonds is 5. The number of nitrogen functional groups attached to an aromatic ring is 1. The average molecular weight is 272 g/mol. The summed E-state index contributed by atoms with van der Waals surface area (Å²) in [4.78, 5) is 2.31. The van der Waals surface area contributed by atoms with Crippen molar-refractivity contribution in [2.24, 2.45) is 0 Å². The number of aromatic nitrogens is 2. The number of nitrogens with two attached hydrogens (primary N) is 1. The first kappa shape index (κ1) is 14.4. The van der Waals surface area contributed by atoms with Gasteiger partial charge in [0.2, 0.25) is 0 Å². The van der Waals surface area contributed by atoms with Gasteiger partial charge in [0.15, 0.2) is 5.82 Å². The smallest absolute Gasteiger partial charge is 0.151 e. The van der Waals surface area contributed by atoms with E-state index < -0.39 is 0 Å². The third-order valence-electron chi connectivity index (χ3n) is 3.54. The topological polar surface area (TPSA) is 47.1 Å². The maximum atomic E-state index is 6.25. The Balaban J connectivity index is 2.39. The van der Waals surface area contributed by atoms with Gasteiger partial charge in [0.1, 0.15) is 0 Å². The van der Waals surface area contributed by atoms with Crippen molar-refractivity contribution in [1.82, 2.24) is 9.78 Å². The van der Waals surface area contributed by atoms with Gasteiger partial charge in [-0.05, 0) is 33.3 Å². The molecule has 0 aliphatic carbocycles. The van der Waals surface area contributed by atoms with Crippen LogP contribution >= 0.6 is 0 Å². The number of aryl methyl sites for hydroxylation is 2. The van der Waals surface area contributed by atoms with Crippen molar-refractivity contribution in [3.05, 3.63) is 41.6 Å². The van der Waals surface area contributed by atoms with Gasteiger partial charge in [0.25, 0.3) is 0 Å². The molecule has 0 aliphatic heterocycles. The number of hydrogen-bond donors (Lipinski definition) is 1. The minimum Gasteiger partial charge on any atom is -0.394 e. The van der Waals surface area contributed by atoms with Crippen molar-refractivity contribution in [3.63, 3.8) is 0 Å². The Labute approximate surface area is 121 Å². The second-order valence-corrected chi connectivity index (χ2v) is 5.35. The van der Waals surface area contributed by atoms with Gasteiger partial charge in [-0.3, -0.25) is 0 Å². The third-order valence-corrected chi connectivity index (χ3v) is 3.54. The molecule has 1 aromatic heterocycles. The van der Waals surface area contributed by atoms with Crippen LogP contribution in [0.4, 0.5) is 11.5 Å². The van der Waals surface area contributed by atoms with E-state index in [9.17, 15) is 0 Å². The SMILES string of the molecule is CCn1nc(C)c(N)c1N(Cc1ccccc1)C(C)C. The number of nitrogens with zero attached hydrogens (tertiary/aromatic N) is 3. The molecule has 4 nitrogen and oxygen atoms in total. The summed E-state index contributed by atoms with van der Waals surface area (Å²) in [6.45, 7) is 10.1. The predicted octanol–water partition coefficient (Wildman–Crippen LogP) is 3.21. The van der Waals surface area contributed by atoms with Crippen LogP contribution in [0.5, 0.6) is 0 Å². The lowest BCUT2D eigenvalue weighted by atomic mass is 10.2. The second kappa shape index (κ2) is 5.99. The van der Waals surface area contributed by atoms with E-state index in [0.29, 0.717) is 6.04 Å². The lowest BCUT2D eigenvalue weighted by Gasteiger charge is -2.29. The molecular weight excluding hydrogens is 248 g/mol. The molecule has 20 heavy (non-hydrogen) atoms. The van der Waals surface area contributed by atoms with Crippen molar-refractivity contribution >= 4 is 11.5 Å². The Morgan fingerprint density at radius 1 is 1.25 bits per heavy atom. The van der Waals surface area contributed by atoms with E-state index in [2.05, 4.69) is 55.0 Å². The molecule has 1 heterocycles. The van der Waals surface area contributed by atoms with Crippen LogP contribution in [0, 0.1) is 6.92 Å². The molecule has 0 aliphatic rings. The van der Waals surface area contributed by atoms with Gasteiger partial charge in [-0.2, -0.15) is 5.10 Å². The molecule has 0 bridgehead atoms. The van der Waals surface area contributed by atoms with E-state index in [-0.39, 0.29) is 0 Å². The minimum absolute atomic E-state index is 0.360. The molecule has 2 rings (SSSR count). The fourth-order valence-corrected chi connectivity index (χ4v) is 2.39. The number of anilines is 2. The summed E-state index contributed by atoms with van der Waals surface area (Å²) in [6.07, 6.45) is 0. The van der Waals surface area contributed by atoms with Gasteiger partial charge >= 0.3 is 0 Å². The molecule has 0 radical (unpaired) electrons. The summed E-state index contributed by atoms with van der Waals surface area (Å²) < 4.78 is 1.99. The molecule has 4 heteroatoms. The van der Waals surface area contributed by atoms with Crippen LogP contribution in [0.25, 0.3) is 0 Å². The number of hydrogen-bond acceptors (Lipinski definition) is 3. The van der Waals surface area contributed by atoms with Crippen molar-refractivity contribution in [2.75, 3.05) is 10.6 Å². The Kier molecular flexibility index (Phi) is 4.32. The second-order valence-electron chi connectivity index (χ2n) is 5.35. The summed E-state index contributed by atoms with van der Waals surface area (Å²) in [5.74, 6) is 1.03. The summed E-state index contributed by atoms with van der Waals surface area (Å²) in [5.41, 5.74) is 9.22. The first-order valence-electron chi connectivity index (χ1n) is 7.18. The molecule has 0 amide bonds. The molecule has 0 spiro atoms. The molecule has 108 valence electrons. The Morgan fingerprint density at radius 2 is 1.90 bits per heavy atom. The monoisotopic (exact) mass is 272 g/mol. The molecular formula is C16H24N4. The zero-order chi connectivity index (χ0) is 14.7. The summed E-state index contributed by atoms with van der Waals surface area (Å²) in [6, 6.07) is 10.8. The quantitative estimate of drug-likeness (QED) is 0.909. The van der Waals surface area contributed by atoms with Gasteiger partial charge in [0.05, 0.1) is 11.4 Å². The lowest BCUT2D eigenvalue weighted by molar-refractivity contribution is 0.597.